The van der Waals surface area contributed by atoms with Crippen LogP contribution in [0.25, 0.3) is 22.6 Å². The lowest BCUT2D eigenvalue weighted by atomic mass is 10.0. The van der Waals surface area contributed by atoms with Gasteiger partial charge in [-0.3, -0.25) is 4.79 Å². The van der Waals surface area contributed by atoms with Gasteiger partial charge in [0.05, 0.1) is 24.8 Å². The first kappa shape index (κ1) is 23.0. The van der Waals surface area contributed by atoms with Gasteiger partial charge in [-0.25, -0.2) is 24.9 Å². The van der Waals surface area contributed by atoms with E-state index in [0.717, 1.165) is 11.4 Å². The maximum atomic E-state index is 13.5. The molecule has 10 heteroatoms. The summed E-state index contributed by atoms with van der Waals surface area (Å²) in [5.41, 5.74) is 2.14. The Morgan fingerprint density at radius 2 is 1.97 bits per heavy atom. The zero-order valence-electron chi connectivity index (χ0n) is 19.9. The van der Waals surface area contributed by atoms with Crippen LogP contribution in [0.15, 0.2) is 18.7 Å². The number of carbonyl (C=O) groups is 1. The van der Waals surface area contributed by atoms with Crippen LogP contribution in [0.5, 0.6) is 0 Å². The summed E-state index contributed by atoms with van der Waals surface area (Å²) in [5.74, 6) is 2.36. The molecule has 1 aliphatic heterocycles. The van der Waals surface area contributed by atoms with Crippen molar-refractivity contribution in [1.29, 1.82) is 0 Å². The fraction of sp³-hybridized carbons (Fsp3) is 0.565. The maximum Gasteiger partial charge on any atom is 0.245 e. The molecule has 1 aliphatic rings. The van der Waals surface area contributed by atoms with Crippen LogP contribution in [0, 0.1) is 12.8 Å². The lowest BCUT2D eigenvalue weighted by Gasteiger charge is -2.39. The number of hydrogen-bond acceptors (Lipinski definition) is 8. The first-order chi connectivity index (χ1) is 15.9. The second-order valence-corrected chi connectivity index (χ2v) is 8.62. The third-order valence-corrected chi connectivity index (χ3v) is 6.12. The number of anilines is 1. The first-order valence-electron chi connectivity index (χ1n) is 11.6. The lowest BCUT2D eigenvalue weighted by molar-refractivity contribution is -0.142. The normalized spacial score (nSPS) is 17.5. The largest absolute Gasteiger partial charge is 0.377 e. The van der Waals surface area contributed by atoms with Gasteiger partial charge in [0.1, 0.15) is 24.0 Å². The summed E-state index contributed by atoms with van der Waals surface area (Å²) in [5, 5.41) is 3.36. The minimum absolute atomic E-state index is 0.0633. The number of aryl methyl sites for hydroxylation is 2. The summed E-state index contributed by atoms with van der Waals surface area (Å²) in [7, 11) is 0. The van der Waals surface area contributed by atoms with Crippen LogP contribution in [0.2, 0.25) is 0 Å². The third kappa shape index (κ3) is 4.52. The molecule has 3 aromatic rings. The second kappa shape index (κ2) is 9.78. The van der Waals surface area contributed by atoms with E-state index in [0.29, 0.717) is 61.4 Å². The molecule has 3 aromatic heterocycles. The molecule has 1 amide bonds. The molecule has 2 atom stereocenters. The second-order valence-electron chi connectivity index (χ2n) is 8.62. The fourth-order valence-electron chi connectivity index (χ4n) is 4.22. The van der Waals surface area contributed by atoms with Gasteiger partial charge in [0.25, 0.3) is 0 Å². The zero-order valence-corrected chi connectivity index (χ0v) is 19.9. The SMILES string of the molecule is CCC(Nc1ncnc2c1nc(-c1cnc(C)nc1)n2CC)C(=O)N1CCOCC1C(C)C. The van der Waals surface area contributed by atoms with Gasteiger partial charge in [-0.1, -0.05) is 20.8 Å². The smallest absolute Gasteiger partial charge is 0.245 e. The van der Waals surface area contributed by atoms with Crippen LogP contribution in [-0.4, -0.2) is 72.1 Å². The van der Waals surface area contributed by atoms with Gasteiger partial charge in [-0.05, 0) is 26.2 Å². The van der Waals surface area contributed by atoms with Crippen molar-refractivity contribution in [2.45, 2.75) is 59.7 Å². The van der Waals surface area contributed by atoms with Gasteiger partial charge < -0.3 is 19.5 Å². The number of nitrogens with one attached hydrogen (secondary N) is 1. The van der Waals surface area contributed by atoms with E-state index in [1.807, 2.05) is 30.2 Å². The topological polar surface area (TPSA) is 111 Å². The van der Waals surface area contributed by atoms with E-state index < -0.39 is 6.04 Å². The zero-order chi connectivity index (χ0) is 23.5. The Balaban J connectivity index is 1.67. The van der Waals surface area contributed by atoms with E-state index in [1.165, 1.54) is 6.33 Å². The summed E-state index contributed by atoms with van der Waals surface area (Å²) >= 11 is 0. The van der Waals surface area contributed by atoms with E-state index in [2.05, 4.69) is 39.1 Å². The molecule has 176 valence electrons. The predicted octanol–water partition coefficient (Wildman–Crippen LogP) is 2.69. The summed E-state index contributed by atoms with van der Waals surface area (Å²) in [6.45, 7) is 12.5. The fourth-order valence-corrected chi connectivity index (χ4v) is 4.22. The highest BCUT2D eigenvalue weighted by atomic mass is 16.5. The van der Waals surface area contributed by atoms with Crippen LogP contribution in [0.3, 0.4) is 0 Å². The molecule has 4 heterocycles. The summed E-state index contributed by atoms with van der Waals surface area (Å²) < 4.78 is 7.64. The van der Waals surface area contributed by atoms with Crippen LogP contribution in [0.1, 0.15) is 39.9 Å². The van der Waals surface area contributed by atoms with Crippen molar-refractivity contribution in [1.82, 2.24) is 34.4 Å². The maximum absolute atomic E-state index is 13.5. The third-order valence-electron chi connectivity index (χ3n) is 6.12. The molecular weight excluding hydrogens is 420 g/mol. The van der Waals surface area contributed by atoms with Crippen molar-refractivity contribution in [2.24, 2.45) is 5.92 Å². The number of nitrogens with zero attached hydrogens (tertiary/aromatic N) is 7. The summed E-state index contributed by atoms with van der Waals surface area (Å²) in [6.07, 6.45) is 5.66. The van der Waals surface area contributed by atoms with Crippen molar-refractivity contribution in [3.05, 3.63) is 24.5 Å². The number of amides is 1. The highest BCUT2D eigenvalue weighted by molar-refractivity contribution is 5.90. The van der Waals surface area contributed by atoms with Gasteiger partial charge in [0.15, 0.2) is 17.0 Å². The Hall–Kier alpha value is -3.14. The van der Waals surface area contributed by atoms with Crippen molar-refractivity contribution < 1.29 is 9.53 Å². The monoisotopic (exact) mass is 452 g/mol. The highest BCUT2D eigenvalue weighted by Gasteiger charge is 2.33. The molecule has 1 fully saturated rings. The van der Waals surface area contributed by atoms with Crippen LogP contribution < -0.4 is 5.32 Å². The molecule has 1 saturated heterocycles. The van der Waals surface area contributed by atoms with E-state index >= 15 is 0 Å². The molecule has 2 unspecified atom stereocenters. The van der Waals surface area contributed by atoms with Gasteiger partial charge in [0.2, 0.25) is 5.91 Å². The molecule has 0 bridgehead atoms. The van der Waals surface area contributed by atoms with Crippen LogP contribution >= 0.6 is 0 Å². The van der Waals surface area contributed by atoms with E-state index in [9.17, 15) is 4.79 Å². The number of hydrogen-bond donors (Lipinski definition) is 1. The van der Waals surface area contributed by atoms with Gasteiger partial charge in [-0.15, -0.1) is 0 Å². The van der Waals surface area contributed by atoms with Gasteiger partial charge >= 0.3 is 0 Å². The number of morpholine rings is 1. The van der Waals surface area contributed by atoms with Gasteiger partial charge in [-0.2, -0.15) is 0 Å². The number of ether oxygens (including phenoxy) is 1. The average Bonchev–Trinajstić information content (AvgIpc) is 3.22. The Kier molecular flexibility index (Phi) is 6.83. The first-order valence-corrected chi connectivity index (χ1v) is 11.6. The molecular formula is C23H32N8O2. The van der Waals surface area contributed by atoms with Gasteiger partial charge in [0, 0.05) is 25.5 Å². The van der Waals surface area contributed by atoms with Crippen molar-refractivity contribution in [2.75, 3.05) is 25.1 Å². The molecule has 10 nitrogen and oxygen atoms in total. The van der Waals surface area contributed by atoms with E-state index in [-0.39, 0.29) is 11.9 Å². The molecule has 0 saturated carbocycles. The van der Waals surface area contributed by atoms with Crippen molar-refractivity contribution in [3.63, 3.8) is 0 Å². The summed E-state index contributed by atoms with van der Waals surface area (Å²) in [6, 6.07) is -0.347. The number of fused-ring (bicyclic) bond motifs is 1. The Bertz CT molecular complexity index is 1110. The number of imidazole rings is 1. The Morgan fingerprint density at radius 1 is 1.21 bits per heavy atom. The van der Waals surface area contributed by atoms with Crippen LogP contribution in [0.4, 0.5) is 5.82 Å². The van der Waals surface area contributed by atoms with Crippen molar-refractivity contribution >= 4 is 22.9 Å². The molecule has 33 heavy (non-hydrogen) atoms. The Morgan fingerprint density at radius 3 is 2.64 bits per heavy atom. The average molecular weight is 453 g/mol. The molecule has 0 spiro atoms. The minimum atomic E-state index is -0.416. The quantitative estimate of drug-likeness (QED) is 0.582. The molecule has 0 aliphatic carbocycles. The highest BCUT2D eigenvalue weighted by Crippen LogP contribution is 2.27. The Labute approximate surface area is 193 Å². The molecule has 0 radical (unpaired) electrons. The lowest BCUT2D eigenvalue weighted by Crippen LogP contribution is -2.55. The predicted molar refractivity (Wildman–Crippen MR) is 126 cm³/mol. The number of aromatic nitrogens is 6. The van der Waals surface area contributed by atoms with E-state index in [1.54, 1.807) is 12.4 Å². The number of rotatable bonds is 7. The summed E-state index contributed by atoms with van der Waals surface area (Å²) in [4.78, 5) is 37.8. The molecule has 0 aromatic carbocycles. The van der Waals surface area contributed by atoms with Crippen LogP contribution in [-0.2, 0) is 16.1 Å². The minimum Gasteiger partial charge on any atom is -0.377 e. The van der Waals surface area contributed by atoms with E-state index in [4.69, 9.17) is 9.72 Å². The van der Waals surface area contributed by atoms with Crippen molar-refractivity contribution in [3.8, 4) is 11.4 Å². The number of carbonyl (C=O) groups excluding carboxylic acids is 1. The molecule has 4 rings (SSSR count). The molecule has 1 N–H and O–H groups in total. The standard InChI is InChI=1S/C23H32N8O2/c1-6-17(23(32)31-8-9-33-12-18(31)14(3)4)28-20-19-22(27-13-26-20)30(7-2)21(29-19)16-10-24-15(5)25-11-16/h10-11,13-14,17-18H,6-9,12H2,1-5H3,(H,26,27,28).